The molecule has 0 heterocycles. The smallest absolute Gasteiger partial charge is 0.472 e. The van der Waals surface area contributed by atoms with Crippen LogP contribution in [0.15, 0.2) is 60.8 Å². The minimum atomic E-state index is -4.74. The van der Waals surface area contributed by atoms with Crippen molar-refractivity contribution in [1.29, 1.82) is 0 Å². The number of unbranched alkanes of at least 4 members (excludes halogenated alkanes) is 15. The van der Waals surface area contributed by atoms with E-state index in [4.69, 9.17) is 24.8 Å². The number of hydrogen-bond acceptors (Lipinski definition) is 10. The number of rotatable bonds is 39. The van der Waals surface area contributed by atoms with Crippen molar-refractivity contribution in [2.24, 2.45) is 5.73 Å². The van der Waals surface area contributed by atoms with Crippen LogP contribution in [-0.2, 0) is 37.5 Å². The van der Waals surface area contributed by atoms with Gasteiger partial charge in [-0.1, -0.05) is 164 Å². The van der Waals surface area contributed by atoms with Crippen LogP contribution in [0.1, 0.15) is 162 Å². The largest absolute Gasteiger partial charge is 0.480 e. The molecule has 0 rings (SSSR count). The van der Waals surface area contributed by atoms with Crippen LogP contribution in [0.25, 0.3) is 0 Å². The van der Waals surface area contributed by atoms with E-state index in [9.17, 15) is 28.9 Å². The first kappa shape index (κ1) is 54.1. The summed E-state index contributed by atoms with van der Waals surface area (Å²) in [5.41, 5.74) is 5.32. The number of ether oxygens (including phenoxy) is 2. The molecule has 5 N–H and O–H groups in total. The molecule has 0 bridgehead atoms. The summed E-state index contributed by atoms with van der Waals surface area (Å²) in [6.07, 6.45) is 40.6. The van der Waals surface area contributed by atoms with Crippen molar-refractivity contribution in [3.8, 4) is 0 Å². The number of aliphatic hydroxyl groups excluding tert-OH is 1. The highest BCUT2D eigenvalue weighted by molar-refractivity contribution is 7.47. The van der Waals surface area contributed by atoms with Gasteiger partial charge in [0.05, 0.1) is 19.3 Å². The molecule has 0 fully saturated rings. The Bertz CT molecular complexity index is 1220. The van der Waals surface area contributed by atoms with E-state index in [1.807, 2.05) is 49.5 Å². The van der Waals surface area contributed by atoms with E-state index in [1.165, 1.54) is 70.6 Å². The number of carbonyl (C=O) groups excluding carboxylic acids is 2. The predicted octanol–water partition coefficient (Wildman–Crippen LogP) is 10.1. The van der Waals surface area contributed by atoms with Gasteiger partial charge in [0.2, 0.25) is 0 Å². The molecule has 0 aliphatic heterocycles. The van der Waals surface area contributed by atoms with Gasteiger partial charge in [-0.3, -0.25) is 23.4 Å². The third-order valence-corrected chi connectivity index (χ3v) is 9.81. The van der Waals surface area contributed by atoms with Crippen molar-refractivity contribution in [1.82, 2.24) is 0 Å². The van der Waals surface area contributed by atoms with Crippen molar-refractivity contribution >= 4 is 25.7 Å². The normalized spacial score (nSPS) is 14.9. The van der Waals surface area contributed by atoms with E-state index in [1.54, 1.807) is 6.08 Å². The average molecular weight is 826 g/mol. The first-order valence-corrected chi connectivity index (χ1v) is 22.9. The predicted molar refractivity (Wildman–Crippen MR) is 227 cm³/mol. The molecule has 0 aromatic heterocycles. The van der Waals surface area contributed by atoms with Gasteiger partial charge < -0.3 is 30.3 Å². The van der Waals surface area contributed by atoms with E-state index >= 15 is 0 Å². The fourth-order valence-corrected chi connectivity index (χ4v) is 6.25. The Balaban J connectivity index is 4.49. The minimum Gasteiger partial charge on any atom is -0.480 e. The number of allylic oxidation sites excluding steroid dienone is 8. The molecule has 0 radical (unpaired) electrons. The van der Waals surface area contributed by atoms with E-state index < -0.39 is 57.2 Å². The Labute approximate surface area is 343 Å². The van der Waals surface area contributed by atoms with Crippen molar-refractivity contribution in [3.63, 3.8) is 0 Å². The minimum absolute atomic E-state index is 0.125. The van der Waals surface area contributed by atoms with Crippen LogP contribution in [0.4, 0.5) is 0 Å². The average Bonchev–Trinajstić information content (AvgIpc) is 3.18. The fourth-order valence-electron chi connectivity index (χ4n) is 5.47. The quantitative estimate of drug-likeness (QED) is 0.0151. The number of aliphatic carboxylic acids is 1. The lowest BCUT2D eigenvalue weighted by atomic mass is 10.0. The summed E-state index contributed by atoms with van der Waals surface area (Å²) < 4.78 is 32.6. The zero-order valence-corrected chi connectivity index (χ0v) is 35.9. The summed E-state index contributed by atoms with van der Waals surface area (Å²) in [6, 6.07) is -1.54. The van der Waals surface area contributed by atoms with Crippen LogP contribution >= 0.6 is 7.82 Å². The molecule has 328 valence electrons. The van der Waals surface area contributed by atoms with E-state index in [0.717, 1.165) is 38.5 Å². The highest BCUT2D eigenvalue weighted by Crippen LogP contribution is 2.43. The van der Waals surface area contributed by atoms with Gasteiger partial charge in [0, 0.05) is 12.8 Å². The van der Waals surface area contributed by atoms with Crippen molar-refractivity contribution in [2.75, 3.05) is 19.8 Å². The van der Waals surface area contributed by atoms with Crippen LogP contribution < -0.4 is 5.73 Å². The molecule has 0 spiro atoms. The van der Waals surface area contributed by atoms with Crippen LogP contribution in [0.2, 0.25) is 0 Å². The lowest BCUT2D eigenvalue weighted by molar-refractivity contribution is -0.161. The van der Waals surface area contributed by atoms with Gasteiger partial charge in [-0.15, -0.1) is 0 Å². The summed E-state index contributed by atoms with van der Waals surface area (Å²) in [7, 11) is -4.74. The van der Waals surface area contributed by atoms with Crippen molar-refractivity contribution < 1.29 is 52.6 Å². The Kier molecular flexibility index (Phi) is 36.7. The van der Waals surface area contributed by atoms with Gasteiger partial charge in [-0.2, -0.15) is 0 Å². The van der Waals surface area contributed by atoms with Gasteiger partial charge in [-0.05, 0) is 44.9 Å². The molecule has 0 aromatic carbocycles. The number of esters is 2. The van der Waals surface area contributed by atoms with Gasteiger partial charge in [0.1, 0.15) is 12.6 Å². The van der Waals surface area contributed by atoms with E-state index in [0.29, 0.717) is 25.7 Å². The summed E-state index contributed by atoms with van der Waals surface area (Å²) in [4.78, 5) is 45.9. The summed E-state index contributed by atoms with van der Waals surface area (Å²) in [5, 5.41) is 18.6. The van der Waals surface area contributed by atoms with Gasteiger partial charge >= 0.3 is 25.7 Å². The van der Waals surface area contributed by atoms with Crippen LogP contribution in [0.5, 0.6) is 0 Å². The first-order chi connectivity index (χ1) is 27.5. The fraction of sp³-hybridized carbons (Fsp3) is 0.705. The van der Waals surface area contributed by atoms with Crippen molar-refractivity contribution in [2.45, 2.75) is 180 Å². The standard InChI is InChI=1S/C44H76NO11P/c1-3-5-7-8-9-10-11-12-13-14-19-22-25-28-31-35-43(48)56-40(37-54-57(51,52)55-38-41(45)44(49)50)36-53-42(47)34-30-27-24-21-18-16-15-17-20-23-26-29-33-39(46)32-6-4-2/h6,15-16,20-21,23-24,26,29,32,39-41,46H,3-5,7-14,17-19,22,25,27-28,30-31,33-38,45H2,1-2H3,(H,49,50)(H,51,52)/b16-15-,23-20-,24-21-,29-26+,32-6-/t39?,40-,41+/m1/s1. The Hall–Kier alpha value is -2.86. The first-order valence-electron chi connectivity index (χ1n) is 21.4. The molecule has 0 saturated carbocycles. The highest BCUT2D eigenvalue weighted by Gasteiger charge is 2.28. The zero-order chi connectivity index (χ0) is 42.2. The Morgan fingerprint density at radius 1 is 0.649 bits per heavy atom. The monoisotopic (exact) mass is 826 g/mol. The number of hydrogen-bond donors (Lipinski definition) is 4. The van der Waals surface area contributed by atoms with E-state index in [-0.39, 0.29) is 19.4 Å². The number of phosphoric acid groups is 1. The molecule has 4 atom stereocenters. The van der Waals surface area contributed by atoms with E-state index in [2.05, 4.69) is 23.6 Å². The van der Waals surface area contributed by atoms with Crippen LogP contribution in [0, 0.1) is 0 Å². The van der Waals surface area contributed by atoms with Gasteiger partial charge in [0.15, 0.2) is 6.10 Å². The van der Waals surface area contributed by atoms with Gasteiger partial charge in [-0.25, -0.2) is 4.57 Å². The molecule has 13 heteroatoms. The molecular weight excluding hydrogens is 749 g/mol. The summed E-state index contributed by atoms with van der Waals surface area (Å²) >= 11 is 0. The third kappa shape index (κ3) is 38.4. The molecule has 0 aliphatic carbocycles. The lowest BCUT2D eigenvalue weighted by Crippen LogP contribution is -2.34. The maximum absolute atomic E-state index is 12.6. The third-order valence-electron chi connectivity index (χ3n) is 8.85. The SMILES string of the molecule is CC/C=C\C(O)C/C=C/C=C\C/C=C\C/C=C\CCCC(=O)OC[C@H](COP(=O)(O)OC[C@H](N)C(=O)O)OC(=O)CCCCCCCCCCCCCCCCC. The summed E-state index contributed by atoms with van der Waals surface area (Å²) in [5.74, 6) is -2.48. The maximum atomic E-state index is 12.6. The number of carboxylic acids is 1. The highest BCUT2D eigenvalue weighted by atomic mass is 31.2. The number of aliphatic hydroxyl groups is 1. The second-order valence-electron chi connectivity index (χ2n) is 14.3. The lowest BCUT2D eigenvalue weighted by Gasteiger charge is -2.20. The summed E-state index contributed by atoms with van der Waals surface area (Å²) in [6.45, 7) is 2.50. The molecular formula is C44H76NO11P. The van der Waals surface area contributed by atoms with Crippen molar-refractivity contribution in [3.05, 3.63) is 60.8 Å². The number of carbonyl (C=O) groups is 3. The Morgan fingerprint density at radius 2 is 1.18 bits per heavy atom. The maximum Gasteiger partial charge on any atom is 0.472 e. The Morgan fingerprint density at radius 3 is 1.77 bits per heavy atom. The number of carboxylic acid groups (broad SMARTS) is 1. The number of nitrogens with two attached hydrogens (primary N) is 1. The number of phosphoric ester groups is 1. The second-order valence-corrected chi connectivity index (χ2v) is 15.8. The topological polar surface area (TPSA) is 192 Å². The molecule has 2 unspecified atom stereocenters. The van der Waals surface area contributed by atoms with Crippen LogP contribution in [-0.4, -0.2) is 71.1 Å². The second kappa shape index (κ2) is 38.6. The molecule has 57 heavy (non-hydrogen) atoms. The molecule has 12 nitrogen and oxygen atoms in total. The zero-order valence-electron chi connectivity index (χ0n) is 35.0. The molecule has 0 amide bonds. The molecule has 0 saturated heterocycles. The van der Waals surface area contributed by atoms with Crippen LogP contribution in [0.3, 0.4) is 0 Å². The molecule has 0 aliphatic rings. The van der Waals surface area contributed by atoms with Gasteiger partial charge in [0.25, 0.3) is 0 Å². The molecule has 0 aromatic rings.